The molecule has 6 nitrogen and oxygen atoms in total. The number of hydrogen-bond donors (Lipinski definition) is 0. The molecule has 0 radical (unpaired) electrons. The Labute approximate surface area is 134 Å². The highest BCUT2D eigenvalue weighted by atomic mass is 15.4. The molecule has 6 heteroatoms. The molecule has 0 unspecified atom stereocenters. The van der Waals surface area contributed by atoms with Gasteiger partial charge in [-0.15, -0.1) is 20.4 Å². The molecule has 0 bridgehead atoms. The van der Waals surface area contributed by atoms with Crippen molar-refractivity contribution in [3.05, 3.63) is 42.5 Å². The number of anilines is 1. The van der Waals surface area contributed by atoms with Crippen LogP contribution in [0.15, 0.2) is 42.5 Å². The van der Waals surface area contributed by atoms with Crippen LogP contribution in [0.2, 0.25) is 0 Å². The molecule has 4 rings (SSSR count). The van der Waals surface area contributed by atoms with Gasteiger partial charge in [0.25, 0.3) is 5.95 Å². The van der Waals surface area contributed by atoms with Crippen LogP contribution in [0.5, 0.6) is 0 Å². The molecule has 0 amide bonds. The summed E-state index contributed by atoms with van der Waals surface area (Å²) in [4.78, 5) is 4.42. The molecule has 0 N–H and O–H groups in total. The van der Waals surface area contributed by atoms with Crippen LogP contribution in [0.4, 0.5) is 5.95 Å². The van der Waals surface area contributed by atoms with Crippen LogP contribution in [0.25, 0.3) is 22.2 Å². The van der Waals surface area contributed by atoms with E-state index < -0.39 is 0 Å². The van der Waals surface area contributed by atoms with Gasteiger partial charge in [-0.05, 0) is 23.9 Å². The van der Waals surface area contributed by atoms with Crippen LogP contribution >= 0.6 is 0 Å². The van der Waals surface area contributed by atoms with E-state index in [0.717, 1.165) is 37.1 Å². The fraction of sp³-hybridized carbons (Fsp3) is 0.294. The van der Waals surface area contributed by atoms with Crippen LogP contribution < -0.4 is 4.90 Å². The number of nitrogens with zero attached hydrogens (tertiary/aromatic N) is 6. The molecule has 2 aromatic carbocycles. The molecule has 1 aromatic heterocycles. The maximum absolute atomic E-state index is 4.27. The van der Waals surface area contributed by atoms with Crippen molar-refractivity contribution in [1.29, 1.82) is 0 Å². The number of benzene rings is 2. The highest BCUT2D eigenvalue weighted by Crippen LogP contribution is 2.21. The van der Waals surface area contributed by atoms with Gasteiger partial charge in [0.1, 0.15) is 0 Å². The summed E-state index contributed by atoms with van der Waals surface area (Å²) in [5.41, 5.74) is 0.939. The van der Waals surface area contributed by atoms with Crippen LogP contribution in [0.3, 0.4) is 0 Å². The van der Waals surface area contributed by atoms with Gasteiger partial charge in [0.2, 0.25) is 5.82 Å². The average Bonchev–Trinajstić information content (AvgIpc) is 2.62. The molecule has 1 fully saturated rings. The van der Waals surface area contributed by atoms with Crippen molar-refractivity contribution in [3.8, 4) is 11.4 Å². The van der Waals surface area contributed by atoms with E-state index in [1.54, 1.807) is 0 Å². The third-order valence-corrected chi connectivity index (χ3v) is 4.26. The zero-order chi connectivity index (χ0) is 15.6. The lowest BCUT2D eigenvalue weighted by atomic mass is 10.1. The van der Waals surface area contributed by atoms with Crippen molar-refractivity contribution in [1.82, 2.24) is 25.3 Å². The van der Waals surface area contributed by atoms with Gasteiger partial charge in [0, 0.05) is 31.7 Å². The second-order valence-corrected chi connectivity index (χ2v) is 5.88. The standard InChI is InChI=1S/C17H18N6/c1-22-8-10-23(11-9-22)17-20-18-16(19-21-17)15-7-6-13-4-2-3-5-14(13)12-15/h2-7,12H,8-11H2,1H3. The zero-order valence-corrected chi connectivity index (χ0v) is 13.1. The Hall–Kier alpha value is -2.60. The summed E-state index contributed by atoms with van der Waals surface area (Å²) in [5, 5.41) is 19.4. The molecule has 1 aliphatic rings. The molecule has 1 saturated heterocycles. The summed E-state index contributed by atoms with van der Waals surface area (Å²) in [5.74, 6) is 1.18. The lowest BCUT2D eigenvalue weighted by Crippen LogP contribution is -2.45. The molecule has 3 aromatic rings. The highest BCUT2D eigenvalue weighted by Gasteiger charge is 2.17. The predicted molar refractivity (Wildman–Crippen MR) is 90.3 cm³/mol. The van der Waals surface area contributed by atoms with Crippen molar-refractivity contribution in [2.75, 3.05) is 38.1 Å². The zero-order valence-electron chi connectivity index (χ0n) is 13.1. The van der Waals surface area contributed by atoms with Gasteiger partial charge in [0.05, 0.1) is 0 Å². The highest BCUT2D eigenvalue weighted by molar-refractivity contribution is 5.86. The van der Waals surface area contributed by atoms with E-state index in [4.69, 9.17) is 0 Å². The second-order valence-electron chi connectivity index (χ2n) is 5.88. The topological polar surface area (TPSA) is 58.0 Å². The van der Waals surface area contributed by atoms with Crippen molar-refractivity contribution in [2.45, 2.75) is 0 Å². The minimum atomic E-state index is 0.564. The van der Waals surface area contributed by atoms with Crippen molar-refractivity contribution in [3.63, 3.8) is 0 Å². The lowest BCUT2D eigenvalue weighted by Gasteiger charge is -2.31. The first-order chi connectivity index (χ1) is 11.3. The smallest absolute Gasteiger partial charge is 0.264 e. The molecule has 1 aliphatic heterocycles. The first kappa shape index (κ1) is 14.0. The minimum Gasteiger partial charge on any atom is -0.336 e. The lowest BCUT2D eigenvalue weighted by molar-refractivity contribution is 0.310. The van der Waals surface area contributed by atoms with Crippen molar-refractivity contribution >= 4 is 16.7 Å². The predicted octanol–water partition coefficient (Wildman–Crippen LogP) is 1.84. The molecule has 23 heavy (non-hydrogen) atoms. The van der Waals surface area contributed by atoms with Gasteiger partial charge in [-0.2, -0.15) is 0 Å². The Kier molecular flexibility index (Phi) is 3.59. The number of aromatic nitrogens is 4. The maximum atomic E-state index is 4.27. The fourth-order valence-electron chi connectivity index (χ4n) is 2.80. The molecule has 0 saturated carbocycles. The van der Waals surface area contributed by atoms with Gasteiger partial charge in [0.15, 0.2) is 0 Å². The average molecular weight is 306 g/mol. The Bertz CT molecular complexity index is 809. The maximum Gasteiger partial charge on any atom is 0.264 e. The van der Waals surface area contributed by atoms with Crippen molar-refractivity contribution in [2.24, 2.45) is 0 Å². The third kappa shape index (κ3) is 2.85. The minimum absolute atomic E-state index is 0.564. The van der Waals surface area contributed by atoms with E-state index >= 15 is 0 Å². The van der Waals surface area contributed by atoms with Crippen LogP contribution in [0.1, 0.15) is 0 Å². The van der Waals surface area contributed by atoms with E-state index in [0.29, 0.717) is 11.8 Å². The quantitative estimate of drug-likeness (QED) is 0.720. The first-order valence-electron chi connectivity index (χ1n) is 7.80. The first-order valence-corrected chi connectivity index (χ1v) is 7.80. The summed E-state index contributed by atoms with van der Waals surface area (Å²) < 4.78 is 0. The Morgan fingerprint density at radius 1 is 0.783 bits per heavy atom. The number of piperazine rings is 1. The normalized spacial score (nSPS) is 16.0. The number of rotatable bonds is 2. The summed E-state index contributed by atoms with van der Waals surface area (Å²) in [6.07, 6.45) is 0. The Balaban J connectivity index is 1.59. The van der Waals surface area contributed by atoms with Crippen LogP contribution in [0, 0.1) is 0 Å². The largest absolute Gasteiger partial charge is 0.336 e. The molecule has 2 heterocycles. The van der Waals surface area contributed by atoms with Gasteiger partial charge in [-0.25, -0.2) is 0 Å². The number of hydrogen-bond acceptors (Lipinski definition) is 6. The number of fused-ring (bicyclic) bond motifs is 1. The molecule has 0 aliphatic carbocycles. The third-order valence-electron chi connectivity index (χ3n) is 4.26. The van der Waals surface area contributed by atoms with E-state index in [9.17, 15) is 0 Å². The van der Waals surface area contributed by atoms with E-state index in [-0.39, 0.29) is 0 Å². The summed E-state index contributed by atoms with van der Waals surface area (Å²) in [6, 6.07) is 14.4. The van der Waals surface area contributed by atoms with Crippen molar-refractivity contribution < 1.29 is 0 Å². The van der Waals surface area contributed by atoms with Crippen LogP contribution in [-0.4, -0.2) is 58.5 Å². The summed E-state index contributed by atoms with van der Waals surface area (Å²) in [7, 11) is 2.12. The Morgan fingerprint density at radius 2 is 1.48 bits per heavy atom. The van der Waals surface area contributed by atoms with Gasteiger partial charge in [-0.1, -0.05) is 36.4 Å². The molecular formula is C17H18N6. The van der Waals surface area contributed by atoms with Gasteiger partial charge in [-0.3, -0.25) is 0 Å². The monoisotopic (exact) mass is 306 g/mol. The molecule has 116 valence electrons. The molecule has 0 atom stereocenters. The van der Waals surface area contributed by atoms with Crippen LogP contribution in [-0.2, 0) is 0 Å². The van der Waals surface area contributed by atoms with E-state index in [1.165, 1.54) is 5.39 Å². The SMILES string of the molecule is CN1CCN(c2nnc(-c3ccc4ccccc4c3)nn2)CC1. The van der Waals surface area contributed by atoms with E-state index in [1.807, 2.05) is 18.2 Å². The second kappa shape index (κ2) is 5.89. The summed E-state index contributed by atoms with van der Waals surface area (Å²) in [6.45, 7) is 3.84. The summed E-state index contributed by atoms with van der Waals surface area (Å²) >= 11 is 0. The van der Waals surface area contributed by atoms with Gasteiger partial charge >= 0.3 is 0 Å². The van der Waals surface area contributed by atoms with Gasteiger partial charge < -0.3 is 9.80 Å². The van der Waals surface area contributed by atoms with E-state index in [2.05, 4.69) is 61.5 Å². The fourth-order valence-corrected chi connectivity index (χ4v) is 2.80. The Morgan fingerprint density at radius 3 is 2.22 bits per heavy atom. The number of likely N-dealkylation sites (N-methyl/N-ethyl adjacent to an activating group) is 1. The molecule has 0 spiro atoms. The molecular weight excluding hydrogens is 288 g/mol.